The molecule has 2 heterocycles. The third-order valence-corrected chi connectivity index (χ3v) is 12.6. The highest BCUT2D eigenvalue weighted by atomic mass is 16.7. The number of benzene rings is 4. The number of rotatable bonds is 15. The van der Waals surface area contributed by atoms with Crippen LogP contribution in [0, 0.1) is 5.92 Å². The predicted molar refractivity (Wildman–Crippen MR) is 243 cm³/mol. The van der Waals surface area contributed by atoms with Crippen LogP contribution in [0.25, 0.3) is 11.1 Å². The number of fused-ring (bicyclic) bond motifs is 1. The van der Waals surface area contributed by atoms with E-state index in [4.69, 9.17) is 15.2 Å². The lowest BCUT2D eigenvalue weighted by Gasteiger charge is -2.50. The lowest BCUT2D eigenvalue weighted by atomic mass is 9.75. The smallest absolute Gasteiger partial charge is 0.237 e. The van der Waals surface area contributed by atoms with Crippen LogP contribution in [0.15, 0.2) is 97.1 Å². The van der Waals surface area contributed by atoms with Crippen molar-refractivity contribution in [2.75, 3.05) is 17.6 Å². The van der Waals surface area contributed by atoms with Crippen molar-refractivity contribution in [3.8, 4) is 11.1 Å². The van der Waals surface area contributed by atoms with Crippen LogP contribution in [0.1, 0.15) is 126 Å². The molecule has 0 bridgehead atoms. The monoisotopic (exact) mass is 843 g/mol. The van der Waals surface area contributed by atoms with Gasteiger partial charge in [0.05, 0.1) is 36.2 Å². The molecule has 3 amide bonds. The predicted octanol–water partition coefficient (Wildman–Crippen LogP) is 8.73. The van der Waals surface area contributed by atoms with E-state index in [9.17, 15) is 19.5 Å². The van der Waals surface area contributed by atoms with Crippen LogP contribution >= 0.6 is 0 Å². The first-order valence-electron chi connectivity index (χ1n) is 22.6. The molecular formula is C51H65N5O6. The van der Waals surface area contributed by atoms with E-state index in [0.717, 1.165) is 52.6 Å². The van der Waals surface area contributed by atoms with Crippen molar-refractivity contribution < 1.29 is 29.0 Å². The SMILES string of the molecule is CC(C)(C)NC(=O)C1CCC2CCCCC2N1CC1CC(c2ccc(CO)cc2)OC(c2ccc(-c3cccc(CNC(=O)CCCCC(=O)Nc4ccccc4N)c3)cc2)O1. The summed E-state index contributed by atoms with van der Waals surface area (Å²) < 4.78 is 13.6. The number of carbonyl (C=O) groups is 3. The Bertz CT molecular complexity index is 2120. The van der Waals surface area contributed by atoms with Crippen LogP contribution in [0.2, 0.25) is 0 Å². The van der Waals surface area contributed by atoms with Crippen LogP contribution in [0.3, 0.4) is 0 Å². The number of hydrogen-bond acceptors (Lipinski definition) is 8. The topological polar surface area (TPSA) is 155 Å². The molecule has 0 aromatic heterocycles. The molecular weight excluding hydrogens is 779 g/mol. The standard InChI is InChI=1S/C51H65N5O6/c1-51(2,3)55-49(60)45-28-27-37-12-4-7-16-44(37)56(45)32-41-30-46(38-21-19-34(33-57)20-22-38)62-50(61-41)39-25-23-36(24-26-39)40-13-10-11-35(29-40)31-53-47(58)17-8-9-18-48(59)54-43-15-6-5-14-42(43)52/h5-6,10-11,13-15,19-26,29,37,41,44-46,50,57H,4,7-9,12,16-18,27-28,30-33,52H2,1-3H3,(H,53,58)(H,54,59)(H,55,60). The zero-order chi connectivity index (χ0) is 43.6. The van der Waals surface area contributed by atoms with Gasteiger partial charge in [-0.05, 0) is 111 Å². The number of piperidine rings is 1. The van der Waals surface area contributed by atoms with Crippen molar-refractivity contribution in [3.05, 3.63) is 119 Å². The lowest BCUT2D eigenvalue weighted by Crippen LogP contribution is -2.61. The molecule has 2 aliphatic heterocycles. The second-order valence-electron chi connectivity index (χ2n) is 18.4. The maximum Gasteiger partial charge on any atom is 0.237 e. The number of likely N-dealkylation sites (tertiary alicyclic amines) is 1. The Morgan fingerprint density at radius 2 is 1.50 bits per heavy atom. The van der Waals surface area contributed by atoms with Crippen molar-refractivity contribution in [2.24, 2.45) is 5.92 Å². The Labute approximate surface area is 367 Å². The van der Waals surface area contributed by atoms with Gasteiger partial charge in [-0.2, -0.15) is 0 Å². The molecule has 1 aliphatic carbocycles. The van der Waals surface area contributed by atoms with Crippen molar-refractivity contribution in [1.82, 2.24) is 15.5 Å². The summed E-state index contributed by atoms with van der Waals surface area (Å²) in [5, 5.41) is 18.9. The first kappa shape index (κ1) is 45.0. The minimum Gasteiger partial charge on any atom is -0.397 e. The van der Waals surface area contributed by atoms with Gasteiger partial charge in [0.2, 0.25) is 17.7 Å². The number of para-hydroxylation sites is 2. The summed E-state index contributed by atoms with van der Waals surface area (Å²) in [4.78, 5) is 41.4. The van der Waals surface area contributed by atoms with E-state index in [0.29, 0.717) is 68.5 Å². The van der Waals surface area contributed by atoms with E-state index in [1.807, 2.05) is 69.3 Å². The molecule has 62 heavy (non-hydrogen) atoms. The van der Waals surface area contributed by atoms with Gasteiger partial charge < -0.3 is 36.3 Å². The Kier molecular flexibility index (Phi) is 15.1. The molecule has 11 heteroatoms. The summed E-state index contributed by atoms with van der Waals surface area (Å²) >= 11 is 0. The van der Waals surface area contributed by atoms with Crippen molar-refractivity contribution in [2.45, 2.75) is 141 Å². The number of nitrogens with two attached hydrogens (primary N) is 1. The molecule has 0 spiro atoms. The summed E-state index contributed by atoms with van der Waals surface area (Å²) in [6.07, 6.45) is 8.19. The molecule has 7 rings (SSSR count). The van der Waals surface area contributed by atoms with Gasteiger partial charge in [-0.15, -0.1) is 0 Å². The molecule has 0 radical (unpaired) electrons. The molecule has 2 saturated heterocycles. The zero-order valence-corrected chi connectivity index (χ0v) is 36.6. The number of ether oxygens (including phenoxy) is 2. The highest BCUT2D eigenvalue weighted by Gasteiger charge is 2.44. The second kappa shape index (κ2) is 20.9. The summed E-state index contributed by atoms with van der Waals surface area (Å²) in [5.41, 5.74) is 12.6. The number of unbranched alkanes of at least 4 members (excludes halogenated alkanes) is 1. The second-order valence-corrected chi connectivity index (χ2v) is 18.4. The lowest BCUT2D eigenvalue weighted by molar-refractivity contribution is -0.255. The normalized spacial score (nSPS) is 22.9. The number of amides is 3. The Hall–Kier alpha value is -5.07. The van der Waals surface area contributed by atoms with Gasteiger partial charge in [-0.3, -0.25) is 19.3 Å². The van der Waals surface area contributed by atoms with Gasteiger partial charge in [-0.1, -0.05) is 91.7 Å². The minimum absolute atomic E-state index is 0.0187. The van der Waals surface area contributed by atoms with E-state index >= 15 is 0 Å². The first-order chi connectivity index (χ1) is 29.9. The molecule has 4 aromatic carbocycles. The maximum absolute atomic E-state index is 13.9. The van der Waals surface area contributed by atoms with Crippen LogP contribution in [0.4, 0.5) is 11.4 Å². The van der Waals surface area contributed by atoms with Crippen LogP contribution in [-0.4, -0.2) is 58.0 Å². The van der Waals surface area contributed by atoms with E-state index in [2.05, 4.69) is 57.2 Å². The average Bonchev–Trinajstić information content (AvgIpc) is 3.27. The Balaban J connectivity index is 0.991. The van der Waals surface area contributed by atoms with Gasteiger partial charge in [-0.25, -0.2) is 0 Å². The third-order valence-electron chi connectivity index (χ3n) is 12.6. The number of anilines is 2. The fourth-order valence-electron chi connectivity index (χ4n) is 9.37. The molecule has 6 atom stereocenters. The fourth-order valence-corrected chi connectivity index (χ4v) is 9.37. The quantitative estimate of drug-likeness (QED) is 0.0588. The molecule has 330 valence electrons. The van der Waals surface area contributed by atoms with Crippen molar-refractivity contribution in [1.29, 1.82) is 0 Å². The van der Waals surface area contributed by atoms with Gasteiger partial charge in [0, 0.05) is 49.5 Å². The van der Waals surface area contributed by atoms with Gasteiger partial charge in [0.1, 0.15) is 0 Å². The van der Waals surface area contributed by atoms with Crippen LogP contribution < -0.4 is 21.7 Å². The highest BCUT2D eigenvalue weighted by molar-refractivity contribution is 5.93. The fraction of sp³-hybridized carbons (Fsp3) is 0.471. The van der Waals surface area contributed by atoms with E-state index in [1.165, 1.54) is 19.3 Å². The summed E-state index contributed by atoms with van der Waals surface area (Å²) in [7, 11) is 0. The largest absolute Gasteiger partial charge is 0.397 e. The Morgan fingerprint density at radius 1 is 0.774 bits per heavy atom. The highest BCUT2D eigenvalue weighted by Crippen LogP contribution is 2.42. The molecule has 11 nitrogen and oxygen atoms in total. The maximum atomic E-state index is 13.9. The van der Waals surface area contributed by atoms with E-state index < -0.39 is 6.29 Å². The van der Waals surface area contributed by atoms with E-state index in [-0.39, 0.29) is 48.1 Å². The number of carbonyl (C=O) groups excluding carboxylic acids is 3. The Morgan fingerprint density at radius 3 is 2.24 bits per heavy atom. The number of hydrogen-bond donors (Lipinski definition) is 5. The summed E-state index contributed by atoms with van der Waals surface area (Å²) in [5.74, 6) is 0.531. The van der Waals surface area contributed by atoms with Crippen molar-refractivity contribution in [3.63, 3.8) is 0 Å². The zero-order valence-electron chi connectivity index (χ0n) is 36.6. The number of nitrogen functional groups attached to an aromatic ring is 1. The first-order valence-corrected chi connectivity index (χ1v) is 22.6. The molecule has 1 saturated carbocycles. The summed E-state index contributed by atoms with van der Waals surface area (Å²) in [6, 6.07) is 31.7. The molecule has 6 N–H and O–H groups in total. The van der Waals surface area contributed by atoms with Crippen LogP contribution in [-0.2, 0) is 37.0 Å². The number of nitrogens with zero attached hydrogens (tertiary/aromatic N) is 1. The molecule has 4 aromatic rings. The number of nitrogens with one attached hydrogen (secondary N) is 3. The van der Waals surface area contributed by atoms with Gasteiger partial charge in [0.25, 0.3) is 0 Å². The van der Waals surface area contributed by atoms with E-state index in [1.54, 1.807) is 12.1 Å². The molecule has 3 aliphatic rings. The van der Waals surface area contributed by atoms with Gasteiger partial charge in [0.15, 0.2) is 6.29 Å². The van der Waals surface area contributed by atoms with Crippen molar-refractivity contribution >= 4 is 29.1 Å². The molecule has 3 fully saturated rings. The molecule has 6 unspecified atom stereocenters. The number of aliphatic hydroxyl groups is 1. The third kappa shape index (κ3) is 12.1. The van der Waals surface area contributed by atoms with Gasteiger partial charge >= 0.3 is 0 Å². The minimum atomic E-state index is -0.613. The average molecular weight is 844 g/mol. The number of aliphatic hydroxyl groups excluding tert-OH is 1. The van der Waals surface area contributed by atoms with Crippen LogP contribution in [0.5, 0.6) is 0 Å². The summed E-state index contributed by atoms with van der Waals surface area (Å²) in [6.45, 7) is 7.17.